The number of halogens is 2. The summed E-state index contributed by atoms with van der Waals surface area (Å²) in [6.07, 6.45) is 1.55. The first-order valence-electron chi connectivity index (χ1n) is 3.36. The van der Waals surface area contributed by atoms with Crippen LogP contribution in [0.5, 0.6) is 0 Å². The van der Waals surface area contributed by atoms with Gasteiger partial charge in [0, 0.05) is 6.42 Å². The summed E-state index contributed by atoms with van der Waals surface area (Å²) in [5, 5.41) is 8.13. The minimum atomic E-state index is -1.03. The van der Waals surface area contributed by atoms with E-state index in [2.05, 4.69) is 0 Å². The Morgan fingerprint density at radius 2 is 1.90 bits per heavy atom. The van der Waals surface area contributed by atoms with Gasteiger partial charge in [-0.3, -0.25) is 0 Å². The molecule has 1 nitrogen and oxygen atoms in total. The molecular formula is C7H12F2O. The van der Waals surface area contributed by atoms with Crippen LogP contribution in [0.25, 0.3) is 0 Å². The zero-order valence-corrected chi connectivity index (χ0v) is 6.03. The third-order valence-corrected chi connectivity index (χ3v) is 1.18. The number of allylic oxidation sites excluding steroid dienone is 1. The molecule has 10 heavy (non-hydrogen) atoms. The summed E-state index contributed by atoms with van der Waals surface area (Å²) >= 11 is 0. The van der Waals surface area contributed by atoms with Crippen molar-refractivity contribution in [1.82, 2.24) is 0 Å². The second kappa shape index (κ2) is 5.35. The van der Waals surface area contributed by atoms with Crippen LogP contribution in [0.3, 0.4) is 0 Å². The maximum absolute atomic E-state index is 12.3. The van der Waals surface area contributed by atoms with E-state index in [1.54, 1.807) is 0 Å². The molecule has 0 aromatic heterocycles. The highest BCUT2D eigenvalue weighted by Crippen LogP contribution is 2.14. The van der Waals surface area contributed by atoms with Crippen molar-refractivity contribution in [3.8, 4) is 0 Å². The first kappa shape index (κ1) is 9.56. The minimum absolute atomic E-state index is 0.100. The van der Waals surface area contributed by atoms with Crippen molar-refractivity contribution >= 4 is 0 Å². The van der Waals surface area contributed by atoms with Gasteiger partial charge in [0.15, 0.2) is 5.83 Å². The molecule has 0 aromatic carbocycles. The van der Waals surface area contributed by atoms with E-state index in [-0.39, 0.29) is 6.42 Å². The molecule has 3 heteroatoms. The molecule has 0 aliphatic heterocycles. The Kier molecular flexibility index (Phi) is 5.12. The van der Waals surface area contributed by atoms with E-state index >= 15 is 0 Å². The van der Waals surface area contributed by atoms with Crippen LogP contribution in [0, 0.1) is 0 Å². The standard InChI is InChI=1S/C7H12F2O/c1-2-3-4-6(8)7(9)5-10/h10H,2-5H2,1H3/b7-6+. The number of hydrogen-bond acceptors (Lipinski definition) is 1. The van der Waals surface area contributed by atoms with Gasteiger partial charge >= 0.3 is 0 Å². The van der Waals surface area contributed by atoms with E-state index in [0.29, 0.717) is 6.42 Å². The van der Waals surface area contributed by atoms with Crippen molar-refractivity contribution in [2.45, 2.75) is 26.2 Å². The highest BCUT2D eigenvalue weighted by molar-refractivity contribution is 4.99. The fourth-order valence-electron chi connectivity index (χ4n) is 0.553. The zero-order chi connectivity index (χ0) is 7.98. The number of unbranched alkanes of at least 4 members (excludes halogenated alkanes) is 1. The van der Waals surface area contributed by atoms with Gasteiger partial charge in [0.1, 0.15) is 5.83 Å². The number of rotatable bonds is 4. The van der Waals surface area contributed by atoms with Crippen LogP contribution in [0.15, 0.2) is 11.7 Å². The topological polar surface area (TPSA) is 20.2 Å². The summed E-state index contributed by atoms with van der Waals surface area (Å²) in [5.74, 6) is -1.85. The summed E-state index contributed by atoms with van der Waals surface area (Å²) in [7, 11) is 0. The van der Waals surface area contributed by atoms with Gasteiger partial charge in [-0.05, 0) is 6.42 Å². The molecule has 0 saturated carbocycles. The molecule has 0 fully saturated rings. The molecule has 0 spiro atoms. The molecule has 0 amide bonds. The maximum atomic E-state index is 12.3. The van der Waals surface area contributed by atoms with Crippen LogP contribution in [-0.4, -0.2) is 11.7 Å². The molecule has 0 rings (SSSR count). The normalized spacial score (nSPS) is 13.2. The van der Waals surface area contributed by atoms with Crippen molar-refractivity contribution in [3.05, 3.63) is 11.7 Å². The van der Waals surface area contributed by atoms with Crippen LogP contribution in [-0.2, 0) is 0 Å². The van der Waals surface area contributed by atoms with Gasteiger partial charge in [-0.1, -0.05) is 13.3 Å². The largest absolute Gasteiger partial charge is 0.389 e. The van der Waals surface area contributed by atoms with Gasteiger partial charge in [0.05, 0.1) is 6.61 Å². The fraction of sp³-hybridized carbons (Fsp3) is 0.714. The van der Waals surface area contributed by atoms with Gasteiger partial charge in [0.25, 0.3) is 0 Å². The van der Waals surface area contributed by atoms with Crippen molar-refractivity contribution in [3.63, 3.8) is 0 Å². The Bertz CT molecular complexity index is 121. The summed E-state index contributed by atoms with van der Waals surface area (Å²) in [6.45, 7) is 1.07. The smallest absolute Gasteiger partial charge is 0.157 e. The first-order chi connectivity index (χ1) is 4.72. The summed E-state index contributed by atoms with van der Waals surface area (Å²) in [4.78, 5) is 0. The minimum Gasteiger partial charge on any atom is -0.389 e. The molecule has 0 bridgehead atoms. The molecule has 0 atom stereocenters. The van der Waals surface area contributed by atoms with Crippen LogP contribution < -0.4 is 0 Å². The molecule has 60 valence electrons. The fourth-order valence-corrected chi connectivity index (χ4v) is 0.553. The van der Waals surface area contributed by atoms with E-state index in [4.69, 9.17) is 5.11 Å². The Labute approximate surface area is 59.4 Å². The van der Waals surface area contributed by atoms with Crippen LogP contribution in [0.1, 0.15) is 26.2 Å². The zero-order valence-electron chi connectivity index (χ0n) is 6.03. The third kappa shape index (κ3) is 3.56. The molecule has 0 aliphatic carbocycles. The first-order valence-corrected chi connectivity index (χ1v) is 3.36. The Balaban J connectivity index is 3.68. The molecule has 0 radical (unpaired) electrons. The summed E-state index contributed by atoms with van der Waals surface area (Å²) in [6, 6.07) is 0. The monoisotopic (exact) mass is 150 g/mol. The van der Waals surface area contributed by atoms with Crippen molar-refractivity contribution < 1.29 is 13.9 Å². The lowest BCUT2D eigenvalue weighted by Gasteiger charge is -1.95. The second-order valence-corrected chi connectivity index (χ2v) is 2.07. The molecule has 0 aliphatic rings. The highest BCUT2D eigenvalue weighted by atomic mass is 19.2. The highest BCUT2D eigenvalue weighted by Gasteiger charge is 2.02. The lowest BCUT2D eigenvalue weighted by molar-refractivity contribution is 0.287. The average molecular weight is 150 g/mol. The van der Waals surface area contributed by atoms with Gasteiger partial charge in [-0.25, -0.2) is 8.78 Å². The molecule has 0 unspecified atom stereocenters. The van der Waals surface area contributed by atoms with Crippen LogP contribution in [0.4, 0.5) is 8.78 Å². The van der Waals surface area contributed by atoms with Crippen molar-refractivity contribution in [2.24, 2.45) is 0 Å². The number of hydrogen-bond donors (Lipinski definition) is 1. The predicted molar refractivity (Wildman–Crippen MR) is 35.9 cm³/mol. The number of aliphatic hydroxyl groups is 1. The maximum Gasteiger partial charge on any atom is 0.157 e. The molecule has 0 saturated heterocycles. The van der Waals surface area contributed by atoms with Gasteiger partial charge in [0.2, 0.25) is 0 Å². The summed E-state index contributed by atoms with van der Waals surface area (Å²) < 4.78 is 24.4. The Hall–Kier alpha value is -0.440. The molecule has 0 heterocycles. The van der Waals surface area contributed by atoms with E-state index in [1.165, 1.54) is 0 Å². The van der Waals surface area contributed by atoms with Crippen molar-refractivity contribution in [1.29, 1.82) is 0 Å². The SMILES string of the molecule is CCCC/C(F)=C(\F)CO. The van der Waals surface area contributed by atoms with E-state index in [9.17, 15) is 8.78 Å². The molecular weight excluding hydrogens is 138 g/mol. The lowest BCUT2D eigenvalue weighted by atomic mass is 10.2. The Morgan fingerprint density at radius 1 is 1.30 bits per heavy atom. The summed E-state index contributed by atoms with van der Waals surface area (Å²) in [5.41, 5.74) is 0. The van der Waals surface area contributed by atoms with Gasteiger partial charge < -0.3 is 5.11 Å². The predicted octanol–water partition coefficient (Wildman–Crippen LogP) is 2.32. The number of aliphatic hydroxyl groups excluding tert-OH is 1. The van der Waals surface area contributed by atoms with E-state index in [1.807, 2.05) is 6.92 Å². The molecule has 1 N–H and O–H groups in total. The van der Waals surface area contributed by atoms with Crippen molar-refractivity contribution in [2.75, 3.05) is 6.61 Å². The average Bonchev–Trinajstić information content (AvgIpc) is 1.98. The van der Waals surface area contributed by atoms with Gasteiger partial charge in [-0.15, -0.1) is 0 Å². The quantitative estimate of drug-likeness (QED) is 0.652. The second-order valence-electron chi connectivity index (χ2n) is 2.07. The third-order valence-electron chi connectivity index (χ3n) is 1.18. The van der Waals surface area contributed by atoms with E-state index in [0.717, 1.165) is 6.42 Å². The van der Waals surface area contributed by atoms with E-state index < -0.39 is 18.3 Å². The lowest BCUT2D eigenvalue weighted by Crippen LogP contribution is -1.87. The van der Waals surface area contributed by atoms with Gasteiger partial charge in [-0.2, -0.15) is 0 Å². The Morgan fingerprint density at radius 3 is 2.30 bits per heavy atom. The van der Waals surface area contributed by atoms with Crippen LogP contribution in [0.2, 0.25) is 0 Å². The molecule has 0 aromatic rings. The van der Waals surface area contributed by atoms with Crippen LogP contribution >= 0.6 is 0 Å².